The van der Waals surface area contributed by atoms with Crippen molar-refractivity contribution >= 4 is 33.2 Å². The molecule has 3 fully saturated rings. The van der Waals surface area contributed by atoms with Crippen LogP contribution in [-0.4, -0.2) is 45.7 Å². The molecule has 250 valence electrons. The third kappa shape index (κ3) is 4.52. The second-order valence-electron chi connectivity index (χ2n) is 15.0. The summed E-state index contributed by atoms with van der Waals surface area (Å²) < 4.78 is 2.47. The standard InChI is InChI=1S/C46H41N5/c1-47-27-26-43-39(30-47)38-28-35(49-40-18-10-8-16-36(40)37-17-9-11-19-41(37)49)24-25-42(38)48(43)34-22-20-32(21-23-34)45-29-44(31-12-4-2-5-13-31)50-46(51(45)50)33-14-6-3-7-15-33/h2-25,28,39,43-46H,26-27,29-30H2,1H3. The maximum absolute atomic E-state index is 2.67. The summed E-state index contributed by atoms with van der Waals surface area (Å²) in [5.74, 6) is 0.464. The molecule has 5 nitrogen and oxygen atoms in total. The zero-order valence-corrected chi connectivity index (χ0v) is 28.9. The fourth-order valence-corrected chi connectivity index (χ4v) is 9.95. The fraction of sp³-hybridized carbons (Fsp3) is 0.217. The Labute approximate surface area is 299 Å². The zero-order valence-electron chi connectivity index (χ0n) is 28.9. The molecular formula is C46H41N5. The SMILES string of the molecule is CN1CCC2C(C1)c1cc(-n3c4ccccc4c4ccccc43)ccc1N2c1ccc(C2CC(c3ccccc3)N3C(c4ccccc4)N23)cc1. The van der Waals surface area contributed by atoms with Crippen LogP contribution in [0.25, 0.3) is 27.5 Å². The van der Waals surface area contributed by atoms with Gasteiger partial charge in [-0.05, 0) is 91.2 Å². The second kappa shape index (κ2) is 11.4. The summed E-state index contributed by atoms with van der Waals surface area (Å²) in [6, 6.07) is 57.8. The van der Waals surface area contributed by atoms with Crippen molar-refractivity contribution in [3.8, 4) is 5.69 Å². The largest absolute Gasteiger partial charge is 0.337 e. The predicted molar refractivity (Wildman–Crippen MR) is 207 cm³/mol. The van der Waals surface area contributed by atoms with Gasteiger partial charge in [0.05, 0.1) is 23.1 Å². The molecule has 51 heavy (non-hydrogen) atoms. The normalized spacial score (nSPS) is 26.7. The number of anilines is 2. The predicted octanol–water partition coefficient (Wildman–Crippen LogP) is 10.1. The molecule has 0 amide bonds. The number of piperidine rings is 1. The first-order valence-electron chi connectivity index (χ1n) is 18.6. The lowest BCUT2D eigenvalue weighted by Crippen LogP contribution is -2.43. The highest BCUT2D eigenvalue weighted by Gasteiger charge is 2.60. The lowest BCUT2D eigenvalue weighted by molar-refractivity contribution is 0.236. The van der Waals surface area contributed by atoms with Crippen molar-refractivity contribution in [2.24, 2.45) is 0 Å². The molecule has 7 unspecified atom stereocenters. The van der Waals surface area contributed by atoms with E-state index in [-0.39, 0.29) is 0 Å². The molecule has 0 spiro atoms. The lowest BCUT2D eigenvalue weighted by Gasteiger charge is -2.37. The molecule has 0 saturated carbocycles. The summed E-state index contributed by atoms with van der Waals surface area (Å²) in [6.45, 7) is 2.20. The Balaban J connectivity index is 0.958. The van der Waals surface area contributed by atoms with Gasteiger partial charge in [-0.15, -0.1) is 0 Å². The van der Waals surface area contributed by atoms with Crippen molar-refractivity contribution < 1.29 is 0 Å². The van der Waals surface area contributed by atoms with Crippen LogP contribution in [0.15, 0.2) is 152 Å². The number of fused-ring (bicyclic) bond motifs is 7. The van der Waals surface area contributed by atoms with E-state index in [0.717, 1.165) is 25.9 Å². The molecule has 0 bridgehead atoms. The molecule has 4 aliphatic rings. The summed E-state index contributed by atoms with van der Waals surface area (Å²) in [5.41, 5.74) is 12.1. The number of likely N-dealkylation sites (tertiary alicyclic amines) is 1. The minimum atomic E-state index is 0.323. The fourth-order valence-electron chi connectivity index (χ4n) is 9.95. The van der Waals surface area contributed by atoms with Gasteiger partial charge in [-0.2, -0.15) is 0 Å². The topological polar surface area (TPSA) is 17.4 Å². The van der Waals surface area contributed by atoms with Gasteiger partial charge in [-0.25, -0.2) is 10.0 Å². The number of nitrogens with zero attached hydrogens (tertiary/aromatic N) is 5. The maximum atomic E-state index is 2.67. The quantitative estimate of drug-likeness (QED) is 0.171. The minimum Gasteiger partial charge on any atom is -0.337 e. The Kier molecular flexibility index (Phi) is 6.60. The van der Waals surface area contributed by atoms with Gasteiger partial charge in [0.15, 0.2) is 0 Å². The molecule has 7 atom stereocenters. The number of benzene rings is 6. The Morgan fingerprint density at radius 3 is 1.78 bits per heavy atom. The van der Waals surface area contributed by atoms with Gasteiger partial charge in [0.25, 0.3) is 0 Å². The van der Waals surface area contributed by atoms with E-state index in [1.54, 1.807) is 0 Å². The van der Waals surface area contributed by atoms with Crippen molar-refractivity contribution in [3.63, 3.8) is 0 Å². The summed E-state index contributed by atoms with van der Waals surface area (Å²) in [7, 11) is 2.29. The summed E-state index contributed by atoms with van der Waals surface area (Å²) in [5, 5.41) is 7.85. The molecule has 5 heteroatoms. The monoisotopic (exact) mass is 663 g/mol. The van der Waals surface area contributed by atoms with E-state index in [9.17, 15) is 0 Å². The Morgan fingerprint density at radius 1 is 0.549 bits per heavy atom. The van der Waals surface area contributed by atoms with E-state index >= 15 is 0 Å². The molecule has 3 saturated heterocycles. The van der Waals surface area contributed by atoms with E-state index in [4.69, 9.17) is 0 Å². The van der Waals surface area contributed by atoms with Gasteiger partial charge in [-0.1, -0.05) is 109 Å². The summed E-state index contributed by atoms with van der Waals surface area (Å²) in [4.78, 5) is 5.19. The highest BCUT2D eigenvalue weighted by atomic mass is 15.9. The third-order valence-corrected chi connectivity index (χ3v) is 12.3. The second-order valence-corrected chi connectivity index (χ2v) is 15.0. The maximum Gasteiger partial charge on any atom is 0.116 e. The van der Waals surface area contributed by atoms with Crippen molar-refractivity contribution in [1.82, 2.24) is 19.5 Å². The summed E-state index contributed by atoms with van der Waals surface area (Å²) in [6.07, 6.45) is 2.58. The molecule has 7 aromatic rings. The van der Waals surface area contributed by atoms with E-state index < -0.39 is 0 Å². The van der Waals surface area contributed by atoms with Crippen molar-refractivity contribution in [3.05, 3.63) is 174 Å². The van der Waals surface area contributed by atoms with Gasteiger partial charge in [0, 0.05) is 46.3 Å². The van der Waals surface area contributed by atoms with Crippen molar-refractivity contribution in [2.45, 2.75) is 43.1 Å². The van der Waals surface area contributed by atoms with Crippen LogP contribution in [0, 0.1) is 0 Å². The molecule has 6 aromatic carbocycles. The molecule has 11 rings (SSSR count). The van der Waals surface area contributed by atoms with Crippen LogP contribution in [0.3, 0.4) is 0 Å². The first-order chi connectivity index (χ1) is 25.2. The van der Waals surface area contributed by atoms with Crippen molar-refractivity contribution in [1.29, 1.82) is 0 Å². The minimum absolute atomic E-state index is 0.323. The van der Waals surface area contributed by atoms with Crippen LogP contribution in [0.1, 0.15) is 59.3 Å². The van der Waals surface area contributed by atoms with Crippen LogP contribution in [0.4, 0.5) is 11.4 Å². The van der Waals surface area contributed by atoms with Gasteiger partial charge >= 0.3 is 0 Å². The number of hydrazine groups is 1. The third-order valence-electron chi connectivity index (χ3n) is 12.3. The highest BCUT2D eigenvalue weighted by Crippen LogP contribution is 2.62. The van der Waals surface area contributed by atoms with E-state index in [0.29, 0.717) is 30.2 Å². The highest BCUT2D eigenvalue weighted by molar-refractivity contribution is 6.09. The van der Waals surface area contributed by atoms with E-state index in [1.165, 1.54) is 61.1 Å². The lowest BCUT2D eigenvalue weighted by atomic mass is 9.89. The van der Waals surface area contributed by atoms with Crippen molar-refractivity contribution in [2.75, 3.05) is 25.0 Å². The van der Waals surface area contributed by atoms with Crippen LogP contribution in [0.5, 0.6) is 0 Å². The number of hydrogen-bond donors (Lipinski definition) is 0. The molecule has 0 N–H and O–H groups in total. The van der Waals surface area contributed by atoms with Gasteiger partial charge in [0.1, 0.15) is 6.17 Å². The number of likely N-dealkylation sites (N-methyl/N-ethyl adjacent to an activating group) is 1. The van der Waals surface area contributed by atoms with Gasteiger partial charge in [-0.3, -0.25) is 0 Å². The summed E-state index contributed by atoms with van der Waals surface area (Å²) >= 11 is 0. The molecule has 1 aromatic heterocycles. The van der Waals surface area contributed by atoms with Crippen LogP contribution in [-0.2, 0) is 0 Å². The molecule has 4 aliphatic heterocycles. The average Bonchev–Trinajstić information content (AvgIpc) is 3.47. The first-order valence-corrected chi connectivity index (χ1v) is 18.6. The smallest absolute Gasteiger partial charge is 0.116 e. The van der Waals surface area contributed by atoms with Crippen LogP contribution < -0.4 is 4.90 Å². The molecule has 0 aliphatic carbocycles. The van der Waals surface area contributed by atoms with Crippen LogP contribution in [0.2, 0.25) is 0 Å². The molecule has 5 heterocycles. The number of hydrogen-bond acceptors (Lipinski definition) is 4. The van der Waals surface area contributed by atoms with Gasteiger partial charge < -0.3 is 14.4 Å². The number of para-hydroxylation sites is 2. The van der Waals surface area contributed by atoms with E-state index in [1.807, 2.05) is 0 Å². The number of rotatable bonds is 5. The Bertz CT molecular complexity index is 2350. The molecule has 0 radical (unpaired) electrons. The first kappa shape index (κ1) is 29.5. The van der Waals surface area contributed by atoms with Gasteiger partial charge in [0.2, 0.25) is 0 Å². The average molecular weight is 664 g/mol. The number of aromatic nitrogens is 1. The Morgan fingerprint density at radius 2 is 1.12 bits per heavy atom. The zero-order chi connectivity index (χ0) is 33.6. The molecular weight excluding hydrogens is 623 g/mol. The Hall–Kier alpha value is -5.20. The van der Waals surface area contributed by atoms with Crippen LogP contribution >= 0.6 is 0 Å². The van der Waals surface area contributed by atoms with E-state index in [2.05, 4.69) is 183 Å².